The maximum absolute atomic E-state index is 13.5. The lowest BCUT2D eigenvalue weighted by atomic mass is 10.1. The molecule has 0 aliphatic carbocycles. The molecule has 1 aromatic heterocycles. The first-order valence-electron chi connectivity index (χ1n) is 11.3. The molecular weight excluding hydrogens is 457 g/mol. The Morgan fingerprint density at radius 3 is 2.91 bits per heavy atom. The Morgan fingerprint density at radius 1 is 1.32 bits per heavy atom. The molecule has 0 radical (unpaired) electrons. The van der Waals surface area contributed by atoms with Crippen molar-refractivity contribution in [3.63, 3.8) is 0 Å². The molecule has 178 valence electrons. The summed E-state index contributed by atoms with van der Waals surface area (Å²) >= 11 is 5.91. The number of aromatic nitrogens is 2. The molecular formula is C25H27ClFN5O2. The summed E-state index contributed by atoms with van der Waals surface area (Å²) in [6.07, 6.45) is 6.04. The van der Waals surface area contributed by atoms with Crippen LogP contribution in [0.5, 0.6) is 5.75 Å². The van der Waals surface area contributed by atoms with Crippen LogP contribution in [0.1, 0.15) is 20.3 Å². The van der Waals surface area contributed by atoms with Crippen molar-refractivity contribution in [3.05, 3.63) is 59.7 Å². The highest BCUT2D eigenvalue weighted by Gasteiger charge is 2.17. The van der Waals surface area contributed by atoms with E-state index in [1.807, 2.05) is 13.0 Å². The Kier molecular flexibility index (Phi) is 7.59. The number of anilines is 3. The van der Waals surface area contributed by atoms with Crippen molar-refractivity contribution in [2.75, 3.05) is 36.9 Å². The molecule has 34 heavy (non-hydrogen) atoms. The van der Waals surface area contributed by atoms with Crippen LogP contribution in [0, 0.1) is 11.7 Å². The van der Waals surface area contributed by atoms with Gasteiger partial charge in [0, 0.05) is 36.3 Å². The van der Waals surface area contributed by atoms with Gasteiger partial charge < -0.3 is 15.4 Å². The predicted molar refractivity (Wildman–Crippen MR) is 133 cm³/mol. The number of carbonyl (C=O) groups is 1. The van der Waals surface area contributed by atoms with Gasteiger partial charge in [0.05, 0.1) is 22.8 Å². The fourth-order valence-corrected chi connectivity index (χ4v) is 4.12. The smallest absolute Gasteiger partial charge is 0.248 e. The second-order valence-corrected chi connectivity index (χ2v) is 8.73. The normalized spacial score (nSPS) is 16.3. The van der Waals surface area contributed by atoms with Gasteiger partial charge in [-0.3, -0.25) is 9.69 Å². The number of carbonyl (C=O) groups excluding carboxylic acids is 1. The highest BCUT2D eigenvalue weighted by molar-refractivity contribution is 6.31. The van der Waals surface area contributed by atoms with Crippen molar-refractivity contribution in [2.45, 2.75) is 20.3 Å². The fourth-order valence-electron chi connectivity index (χ4n) is 3.94. The lowest BCUT2D eigenvalue weighted by molar-refractivity contribution is -0.111. The molecule has 1 amide bonds. The predicted octanol–water partition coefficient (Wildman–Crippen LogP) is 5.40. The maximum Gasteiger partial charge on any atom is 0.248 e. The van der Waals surface area contributed by atoms with Gasteiger partial charge in [-0.15, -0.1) is 0 Å². The van der Waals surface area contributed by atoms with Gasteiger partial charge >= 0.3 is 0 Å². The first-order valence-corrected chi connectivity index (χ1v) is 11.6. The van der Waals surface area contributed by atoms with Crippen LogP contribution in [0.15, 0.2) is 48.8 Å². The van der Waals surface area contributed by atoms with Crippen LogP contribution in [0.3, 0.4) is 0 Å². The molecule has 1 atom stereocenters. The second kappa shape index (κ2) is 10.8. The molecule has 4 rings (SSSR count). The lowest BCUT2D eigenvalue weighted by Gasteiger charge is -2.14. The number of nitrogens with zero attached hydrogens (tertiary/aromatic N) is 3. The zero-order valence-corrected chi connectivity index (χ0v) is 19.9. The number of ether oxygens (including phenoxy) is 1. The van der Waals surface area contributed by atoms with Crippen molar-refractivity contribution < 1.29 is 13.9 Å². The molecule has 7 nitrogen and oxygen atoms in total. The molecule has 1 aliphatic heterocycles. The van der Waals surface area contributed by atoms with Gasteiger partial charge in [0.25, 0.3) is 0 Å². The van der Waals surface area contributed by atoms with Gasteiger partial charge in [0.1, 0.15) is 23.7 Å². The number of hydrogen-bond acceptors (Lipinski definition) is 6. The second-order valence-electron chi connectivity index (χ2n) is 8.32. The topological polar surface area (TPSA) is 79.4 Å². The number of nitrogens with one attached hydrogen (secondary N) is 2. The minimum atomic E-state index is -0.501. The van der Waals surface area contributed by atoms with E-state index in [1.54, 1.807) is 24.3 Å². The molecule has 1 aliphatic rings. The minimum absolute atomic E-state index is 0.00474. The maximum atomic E-state index is 13.5. The number of benzene rings is 2. The van der Waals surface area contributed by atoms with E-state index in [1.165, 1.54) is 24.9 Å². The average molecular weight is 484 g/mol. The van der Waals surface area contributed by atoms with Crippen LogP contribution < -0.4 is 15.4 Å². The standard InChI is InChI=1S/C25H27ClFN5O2/c1-3-34-23-13-21-18(25(29-15-28-21)30-17-6-7-20(27)19(26)11-17)12-22(23)31-24(33)5-4-9-32-10-8-16(2)14-32/h4-7,11-13,15-16H,3,8-10,14H2,1-2H3,(H,31,33)(H,28,29,30)/b5-4+. The van der Waals surface area contributed by atoms with Crippen molar-refractivity contribution in [2.24, 2.45) is 5.92 Å². The summed E-state index contributed by atoms with van der Waals surface area (Å²) in [6, 6.07) is 7.85. The number of amides is 1. The Bertz CT molecular complexity index is 1220. The van der Waals surface area contributed by atoms with E-state index in [-0.39, 0.29) is 10.9 Å². The summed E-state index contributed by atoms with van der Waals surface area (Å²) in [5.74, 6) is 0.955. The van der Waals surface area contributed by atoms with E-state index in [2.05, 4.69) is 32.4 Å². The summed E-state index contributed by atoms with van der Waals surface area (Å²) in [5, 5.41) is 6.72. The van der Waals surface area contributed by atoms with E-state index in [0.717, 1.165) is 19.6 Å². The molecule has 1 unspecified atom stereocenters. The highest BCUT2D eigenvalue weighted by atomic mass is 35.5. The fraction of sp³-hybridized carbons (Fsp3) is 0.320. The monoisotopic (exact) mass is 483 g/mol. The number of likely N-dealkylation sites (tertiary alicyclic amines) is 1. The summed E-state index contributed by atoms with van der Waals surface area (Å²) in [4.78, 5) is 23.6. The summed E-state index contributed by atoms with van der Waals surface area (Å²) < 4.78 is 19.3. The lowest BCUT2D eigenvalue weighted by Crippen LogP contribution is -2.20. The first kappa shape index (κ1) is 23.9. The van der Waals surface area contributed by atoms with Crippen LogP contribution in [0.2, 0.25) is 5.02 Å². The van der Waals surface area contributed by atoms with Gasteiger partial charge in [0.2, 0.25) is 5.91 Å². The van der Waals surface area contributed by atoms with Gasteiger partial charge in [-0.1, -0.05) is 24.6 Å². The summed E-state index contributed by atoms with van der Waals surface area (Å²) in [5.41, 5.74) is 1.71. The average Bonchev–Trinajstić information content (AvgIpc) is 3.22. The van der Waals surface area contributed by atoms with E-state index in [9.17, 15) is 9.18 Å². The third-order valence-electron chi connectivity index (χ3n) is 5.62. The van der Waals surface area contributed by atoms with E-state index in [4.69, 9.17) is 16.3 Å². The van der Waals surface area contributed by atoms with Crippen molar-refractivity contribution >= 4 is 45.6 Å². The Hall–Kier alpha value is -3.23. The number of halogens is 2. The summed E-state index contributed by atoms with van der Waals surface area (Å²) in [7, 11) is 0. The van der Waals surface area contributed by atoms with Crippen LogP contribution in [-0.4, -0.2) is 47.0 Å². The first-order chi connectivity index (χ1) is 16.4. The molecule has 0 saturated carbocycles. The van der Waals surface area contributed by atoms with Gasteiger partial charge in [-0.05, 0) is 50.1 Å². The van der Waals surface area contributed by atoms with Crippen molar-refractivity contribution in [1.29, 1.82) is 0 Å². The Balaban J connectivity index is 1.57. The van der Waals surface area contributed by atoms with Crippen molar-refractivity contribution in [3.8, 4) is 5.75 Å². The van der Waals surface area contributed by atoms with Crippen LogP contribution in [0.4, 0.5) is 21.6 Å². The van der Waals surface area contributed by atoms with E-state index >= 15 is 0 Å². The minimum Gasteiger partial charge on any atom is -0.492 e. The largest absolute Gasteiger partial charge is 0.492 e. The Morgan fingerprint density at radius 2 is 2.18 bits per heavy atom. The van der Waals surface area contributed by atoms with Crippen LogP contribution >= 0.6 is 11.6 Å². The molecule has 3 aromatic rings. The van der Waals surface area contributed by atoms with E-state index < -0.39 is 5.82 Å². The quantitative estimate of drug-likeness (QED) is 0.417. The summed E-state index contributed by atoms with van der Waals surface area (Å²) in [6.45, 7) is 7.40. The molecule has 0 bridgehead atoms. The van der Waals surface area contributed by atoms with Crippen molar-refractivity contribution in [1.82, 2.24) is 14.9 Å². The number of hydrogen-bond donors (Lipinski definition) is 2. The zero-order chi connectivity index (χ0) is 24.1. The highest BCUT2D eigenvalue weighted by Crippen LogP contribution is 2.34. The van der Waals surface area contributed by atoms with Crippen LogP contribution in [-0.2, 0) is 4.79 Å². The van der Waals surface area contributed by atoms with Gasteiger partial charge in [-0.2, -0.15) is 0 Å². The molecule has 2 heterocycles. The zero-order valence-electron chi connectivity index (χ0n) is 19.1. The molecule has 0 spiro atoms. The number of fused-ring (bicyclic) bond motifs is 1. The molecule has 2 aromatic carbocycles. The molecule has 1 fully saturated rings. The van der Waals surface area contributed by atoms with Gasteiger partial charge in [0.15, 0.2) is 0 Å². The molecule has 1 saturated heterocycles. The third-order valence-corrected chi connectivity index (χ3v) is 5.91. The SMILES string of the molecule is CCOc1cc2ncnc(Nc3ccc(F)c(Cl)c3)c2cc1NC(=O)/C=C/CN1CCC(C)C1. The van der Waals surface area contributed by atoms with E-state index in [0.29, 0.717) is 46.4 Å². The van der Waals surface area contributed by atoms with Crippen LogP contribution in [0.25, 0.3) is 10.9 Å². The van der Waals surface area contributed by atoms with Gasteiger partial charge in [-0.25, -0.2) is 14.4 Å². The third kappa shape index (κ3) is 5.81. The molecule has 2 N–H and O–H groups in total. The molecule has 9 heteroatoms. The number of rotatable bonds is 8. The Labute approximate surface area is 203 Å².